The molecule has 0 spiro atoms. The first-order valence-electron chi connectivity index (χ1n) is 15.5. The van der Waals surface area contributed by atoms with E-state index in [1.165, 1.54) is 61.3 Å². The number of nitrogens with zero attached hydrogens (tertiary/aromatic N) is 8. The topological polar surface area (TPSA) is 166 Å². The maximum atomic E-state index is 12.9. The third-order valence-electron chi connectivity index (χ3n) is 7.32. The third-order valence-corrected chi connectivity index (χ3v) is 9.11. The largest absolute Gasteiger partial charge is 0.311 e. The zero-order valence-corrected chi connectivity index (χ0v) is 28.3. The van der Waals surface area contributed by atoms with Crippen LogP contribution in [0.1, 0.15) is 35.3 Å². The number of aromatic nitrogens is 6. The number of hydrogen-bond donors (Lipinski definition) is 4. The van der Waals surface area contributed by atoms with E-state index in [1.54, 1.807) is 12.4 Å². The van der Waals surface area contributed by atoms with Gasteiger partial charge < -0.3 is 21.3 Å². The molecule has 14 nitrogen and oxygen atoms in total. The van der Waals surface area contributed by atoms with E-state index in [-0.39, 0.29) is 23.9 Å². The lowest BCUT2D eigenvalue weighted by atomic mass is 10.1. The minimum Gasteiger partial charge on any atom is -0.311 e. The summed E-state index contributed by atoms with van der Waals surface area (Å²) in [6, 6.07) is 0.457. The molecule has 2 saturated heterocycles. The van der Waals surface area contributed by atoms with E-state index in [0.717, 1.165) is 62.1 Å². The van der Waals surface area contributed by atoms with Crippen molar-refractivity contribution in [2.24, 2.45) is 0 Å². The molecule has 4 aromatic heterocycles. The molecule has 0 bridgehead atoms. The van der Waals surface area contributed by atoms with Gasteiger partial charge in [0.15, 0.2) is 21.9 Å². The Hall–Kier alpha value is -3.94. The molecule has 256 valence electrons. The number of rotatable bonds is 10. The average molecular weight is 701 g/mol. The summed E-state index contributed by atoms with van der Waals surface area (Å²) < 4.78 is 25.7. The standard InChI is InChI=1S/2C15H19FN6OS/c2*1-10(23)21-15-20-7-13(24-15)9-22-3-2-17-12(8-22)4-14-18-5-11(16)6-19-14/h2*5-7,12,17H,2-4,8-9H2,1H3,(H,20,21,23)/t2*12-/m10/s1. The van der Waals surface area contributed by atoms with Gasteiger partial charge in [-0.1, -0.05) is 0 Å². The second kappa shape index (κ2) is 17.5. The summed E-state index contributed by atoms with van der Waals surface area (Å²) >= 11 is 2.98. The zero-order chi connectivity index (χ0) is 33.9. The van der Waals surface area contributed by atoms with Crippen LogP contribution in [-0.2, 0) is 35.5 Å². The van der Waals surface area contributed by atoms with Crippen LogP contribution in [0.5, 0.6) is 0 Å². The summed E-state index contributed by atoms with van der Waals surface area (Å²) in [7, 11) is 0. The molecule has 6 rings (SSSR count). The summed E-state index contributed by atoms with van der Waals surface area (Å²) in [5.74, 6) is 0.215. The van der Waals surface area contributed by atoms with E-state index in [1.807, 2.05) is 0 Å². The number of carbonyl (C=O) groups is 2. The molecule has 48 heavy (non-hydrogen) atoms. The molecule has 2 atom stereocenters. The third kappa shape index (κ3) is 11.6. The first-order chi connectivity index (χ1) is 23.2. The SMILES string of the molecule is CC(=O)Nc1ncc(CN2CCN[C@@H](Cc3ncc(F)cn3)C2)s1.CC(=O)Nc1ncc(CN2CCN[C@H](Cc3ncc(F)cn3)C2)s1. The Morgan fingerprint density at radius 2 is 1.10 bits per heavy atom. The first-order valence-corrected chi connectivity index (χ1v) is 17.1. The number of anilines is 2. The molecule has 18 heteroatoms. The fourth-order valence-electron chi connectivity index (χ4n) is 5.30. The normalized spacial score (nSPS) is 18.5. The molecule has 2 amide bonds. The van der Waals surface area contributed by atoms with Crippen molar-refractivity contribution >= 4 is 44.8 Å². The van der Waals surface area contributed by atoms with Crippen molar-refractivity contribution in [2.75, 3.05) is 49.9 Å². The Bertz CT molecular complexity index is 1500. The van der Waals surface area contributed by atoms with Crippen LogP contribution < -0.4 is 21.3 Å². The van der Waals surface area contributed by atoms with Crippen LogP contribution in [0.25, 0.3) is 0 Å². The van der Waals surface area contributed by atoms with Gasteiger partial charge in [-0.2, -0.15) is 0 Å². The van der Waals surface area contributed by atoms with Crippen LogP contribution >= 0.6 is 22.7 Å². The summed E-state index contributed by atoms with van der Waals surface area (Å²) in [6.07, 6.45) is 9.72. The lowest BCUT2D eigenvalue weighted by Crippen LogP contribution is -2.51. The van der Waals surface area contributed by atoms with Gasteiger partial charge in [-0.25, -0.2) is 38.7 Å². The highest BCUT2D eigenvalue weighted by Crippen LogP contribution is 2.21. The van der Waals surface area contributed by atoms with E-state index >= 15 is 0 Å². The number of amides is 2. The van der Waals surface area contributed by atoms with Gasteiger partial charge in [0, 0.05) is 113 Å². The molecular weight excluding hydrogens is 663 g/mol. The van der Waals surface area contributed by atoms with Crippen molar-refractivity contribution in [1.82, 2.24) is 50.3 Å². The Morgan fingerprint density at radius 3 is 1.48 bits per heavy atom. The van der Waals surface area contributed by atoms with Crippen LogP contribution in [0.2, 0.25) is 0 Å². The van der Waals surface area contributed by atoms with Crippen LogP contribution in [0.3, 0.4) is 0 Å². The second-order valence-electron chi connectivity index (χ2n) is 11.4. The van der Waals surface area contributed by atoms with Crippen LogP contribution in [0.4, 0.5) is 19.0 Å². The molecule has 2 aliphatic rings. The van der Waals surface area contributed by atoms with Crippen molar-refractivity contribution in [2.45, 2.75) is 51.9 Å². The fraction of sp³-hybridized carbons (Fsp3) is 0.467. The maximum Gasteiger partial charge on any atom is 0.223 e. The monoisotopic (exact) mass is 700 g/mol. The van der Waals surface area contributed by atoms with Crippen LogP contribution in [-0.4, -0.2) is 103 Å². The number of halogens is 2. The summed E-state index contributed by atoms with van der Waals surface area (Å²) in [5.41, 5.74) is 0. The smallest absolute Gasteiger partial charge is 0.223 e. The quantitative estimate of drug-likeness (QED) is 0.191. The highest BCUT2D eigenvalue weighted by Gasteiger charge is 2.23. The number of thiazole rings is 2. The van der Waals surface area contributed by atoms with Gasteiger partial charge in [-0.05, 0) is 0 Å². The van der Waals surface area contributed by atoms with Crippen molar-refractivity contribution in [3.05, 3.63) is 70.2 Å². The minimum absolute atomic E-state index is 0.113. The minimum atomic E-state index is -0.419. The van der Waals surface area contributed by atoms with Gasteiger partial charge in [0.25, 0.3) is 0 Å². The molecule has 2 aliphatic heterocycles. The lowest BCUT2D eigenvalue weighted by molar-refractivity contribution is -0.115. The maximum absolute atomic E-state index is 12.9. The molecule has 2 fully saturated rings. The number of nitrogens with one attached hydrogen (secondary N) is 4. The van der Waals surface area contributed by atoms with Crippen LogP contribution in [0.15, 0.2) is 37.2 Å². The molecule has 0 saturated carbocycles. The molecule has 4 N–H and O–H groups in total. The highest BCUT2D eigenvalue weighted by atomic mass is 32.1. The second-order valence-corrected chi connectivity index (χ2v) is 13.7. The Labute approximate surface area is 284 Å². The van der Waals surface area contributed by atoms with Crippen molar-refractivity contribution in [3.63, 3.8) is 0 Å². The first kappa shape index (κ1) is 35.4. The fourth-order valence-corrected chi connectivity index (χ4v) is 7.10. The molecular formula is C30H38F2N12O2S2. The van der Waals surface area contributed by atoms with Crippen LogP contribution in [0, 0.1) is 11.6 Å². The van der Waals surface area contributed by atoms with Gasteiger partial charge in [-0.15, -0.1) is 22.7 Å². The van der Waals surface area contributed by atoms with Crippen molar-refractivity contribution in [1.29, 1.82) is 0 Å². The van der Waals surface area contributed by atoms with Crippen molar-refractivity contribution in [3.8, 4) is 0 Å². The number of piperazine rings is 2. The Balaban J connectivity index is 0.000000188. The summed E-state index contributed by atoms with van der Waals surface area (Å²) in [5, 5.41) is 13.5. The molecule has 6 heterocycles. The molecule has 0 radical (unpaired) electrons. The lowest BCUT2D eigenvalue weighted by Gasteiger charge is -2.33. The zero-order valence-electron chi connectivity index (χ0n) is 26.7. The van der Waals surface area contributed by atoms with E-state index in [0.29, 0.717) is 34.8 Å². The molecule has 0 aromatic carbocycles. The van der Waals surface area contributed by atoms with E-state index in [9.17, 15) is 18.4 Å². The Morgan fingerprint density at radius 1 is 0.708 bits per heavy atom. The van der Waals surface area contributed by atoms with E-state index in [4.69, 9.17) is 0 Å². The highest BCUT2D eigenvalue weighted by molar-refractivity contribution is 7.16. The molecule has 0 unspecified atom stereocenters. The Kier molecular flexibility index (Phi) is 12.9. The predicted octanol–water partition coefficient (Wildman–Crippen LogP) is 2.09. The van der Waals surface area contributed by atoms with Gasteiger partial charge in [0.1, 0.15) is 11.6 Å². The van der Waals surface area contributed by atoms with Gasteiger partial charge in [-0.3, -0.25) is 19.4 Å². The van der Waals surface area contributed by atoms with Gasteiger partial charge in [0.2, 0.25) is 11.8 Å². The number of hydrogen-bond acceptors (Lipinski definition) is 14. The van der Waals surface area contributed by atoms with Crippen molar-refractivity contribution < 1.29 is 18.4 Å². The predicted molar refractivity (Wildman–Crippen MR) is 178 cm³/mol. The average Bonchev–Trinajstić information content (AvgIpc) is 3.68. The molecule has 0 aliphatic carbocycles. The van der Waals surface area contributed by atoms with E-state index in [2.05, 4.69) is 61.0 Å². The summed E-state index contributed by atoms with van der Waals surface area (Å²) in [6.45, 7) is 9.87. The van der Waals surface area contributed by atoms with Gasteiger partial charge >= 0.3 is 0 Å². The van der Waals surface area contributed by atoms with Gasteiger partial charge in [0.05, 0.1) is 24.8 Å². The molecule has 4 aromatic rings. The summed E-state index contributed by atoms with van der Waals surface area (Å²) in [4.78, 5) is 53.5. The van der Waals surface area contributed by atoms with E-state index < -0.39 is 11.6 Å². The number of carbonyl (C=O) groups excluding carboxylic acids is 2.